The number of fused-ring (bicyclic) bond motifs is 1. The van der Waals surface area contributed by atoms with Gasteiger partial charge in [-0.15, -0.1) is 0 Å². The Morgan fingerprint density at radius 1 is 1.03 bits per heavy atom. The predicted molar refractivity (Wildman–Crippen MR) is 129 cm³/mol. The van der Waals surface area contributed by atoms with Gasteiger partial charge in [-0.2, -0.15) is 0 Å². The van der Waals surface area contributed by atoms with E-state index < -0.39 is 12.0 Å². The summed E-state index contributed by atoms with van der Waals surface area (Å²) in [5, 5.41) is 3.81. The number of esters is 1. The van der Waals surface area contributed by atoms with E-state index in [1.54, 1.807) is 7.11 Å². The van der Waals surface area contributed by atoms with Gasteiger partial charge in [0, 0.05) is 43.5 Å². The minimum atomic E-state index is -0.792. The molecule has 0 radical (unpaired) electrons. The van der Waals surface area contributed by atoms with Gasteiger partial charge < -0.3 is 24.1 Å². The Morgan fingerprint density at radius 3 is 2.50 bits per heavy atom. The van der Waals surface area contributed by atoms with Crippen LogP contribution in [0.2, 0.25) is 0 Å². The van der Waals surface area contributed by atoms with Crippen LogP contribution in [-0.4, -0.2) is 74.5 Å². The molecule has 1 aliphatic heterocycles. The summed E-state index contributed by atoms with van der Waals surface area (Å²) < 4.78 is 17.8. The Bertz CT molecular complexity index is 1120. The number of methoxy groups -OCH3 is 2. The van der Waals surface area contributed by atoms with Crippen molar-refractivity contribution in [3.63, 3.8) is 0 Å². The number of carbonyl (C=O) groups excluding carboxylic acids is 2. The Balaban J connectivity index is 1.60. The third-order valence-corrected chi connectivity index (χ3v) is 6.16. The fourth-order valence-corrected chi connectivity index (χ4v) is 4.29. The summed E-state index contributed by atoms with van der Waals surface area (Å²) in [7, 11) is 2.95. The van der Waals surface area contributed by atoms with Crippen LogP contribution in [0.1, 0.15) is 16.1 Å². The molecule has 1 N–H and O–H groups in total. The van der Waals surface area contributed by atoms with Crippen molar-refractivity contribution in [1.29, 1.82) is 0 Å². The van der Waals surface area contributed by atoms with Crippen LogP contribution >= 0.6 is 0 Å². The maximum Gasteiger partial charge on any atom is 0.328 e. The second kappa shape index (κ2) is 11.2. The van der Waals surface area contributed by atoms with Gasteiger partial charge in [-0.1, -0.05) is 30.3 Å². The largest absolute Gasteiger partial charge is 0.497 e. The molecule has 8 nitrogen and oxygen atoms in total. The number of ether oxygens (including phenoxy) is 3. The van der Waals surface area contributed by atoms with E-state index in [1.807, 2.05) is 59.2 Å². The van der Waals surface area contributed by atoms with E-state index in [0.29, 0.717) is 18.7 Å². The van der Waals surface area contributed by atoms with Gasteiger partial charge >= 0.3 is 5.97 Å². The number of carbonyl (C=O) groups is 2. The summed E-state index contributed by atoms with van der Waals surface area (Å²) in [4.78, 5) is 28.3. The smallest absolute Gasteiger partial charge is 0.328 e. The molecule has 1 aromatic heterocycles. The van der Waals surface area contributed by atoms with Crippen LogP contribution in [-0.2, 0) is 27.2 Å². The molecule has 0 aliphatic carbocycles. The highest BCUT2D eigenvalue weighted by Gasteiger charge is 2.25. The van der Waals surface area contributed by atoms with Gasteiger partial charge in [0.1, 0.15) is 17.5 Å². The fraction of sp³-hybridized carbons (Fsp3) is 0.385. The molecule has 3 aromatic rings. The van der Waals surface area contributed by atoms with Gasteiger partial charge in [-0.3, -0.25) is 9.69 Å². The number of amides is 1. The van der Waals surface area contributed by atoms with Crippen molar-refractivity contribution >= 4 is 22.8 Å². The van der Waals surface area contributed by atoms with Crippen molar-refractivity contribution in [3.05, 3.63) is 65.9 Å². The summed E-state index contributed by atoms with van der Waals surface area (Å²) >= 11 is 0. The van der Waals surface area contributed by atoms with Crippen molar-refractivity contribution in [2.24, 2.45) is 0 Å². The molecular weight excluding hydrogens is 434 g/mol. The molecule has 4 rings (SSSR count). The third kappa shape index (κ3) is 5.58. The second-order valence-corrected chi connectivity index (χ2v) is 8.30. The molecule has 0 bridgehead atoms. The Labute approximate surface area is 199 Å². The molecule has 1 atom stereocenters. The SMILES string of the molecule is COC(=O)[C@H](Cc1ccccc1)NC(=O)c1cc2cc(OC)ccc2n1CCN1CCOCC1. The predicted octanol–water partition coefficient (Wildman–Crippen LogP) is 2.50. The number of aromatic nitrogens is 1. The molecule has 1 amide bonds. The van der Waals surface area contributed by atoms with E-state index in [9.17, 15) is 9.59 Å². The van der Waals surface area contributed by atoms with Crippen molar-refractivity contribution in [2.45, 2.75) is 19.0 Å². The summed E-state index contributed by atoms with van der Waals surface area (Å²) in [6.07, 6.45) is 0.348. The topological polar surface area (TPSA) is 82.0 Å². The molecule has 0 spiro atoms. The molecule has 34 heavy (non-hydrogen) atoms. The molecule has 2 heterocycles. The first kappa shape index (κ1) is 23.8. The van der Waals surface area contributed by atoms with Gasteiger partial charge in [0.15, 0.2) is 0 Å². The molecule has 0 saturated carbocycles. The van der Waals surface area contributed by atoms with E-state index in [-0.39, 0.29) is 5.91 Å². The molecular formula is C26H31N3O5. The summed E-state index contributed by atoms with van der Waals surface area (Å²) in [6.45, 7) is 4.62. The number of benzene rings is 2. The van der Waals surface area contributed by atoms with Gasteiger partial charge in [0.2, 0.25) is 0 Å². The zero-order valence-electron chi connectivity index (χ0n) is 19.7. The van der Waals surface area contributed by atoms with E-state index in [4.69, 9.17) is 14.2 Å². The van der Waals surface area contributed by atoms with E-state index in [0.717, 1.165) is 55.1 Å². The minimum Gasteiger partial charge on any atom is -0.497 e. The van der Waals surface area contributed by atoms with E-state index in [2.05, 4.69) is 10.2 Å². The lowest BCUT2D eigenvalue weighted by Crippen LogP contribution is -2.44. The van der Waals surface area contributed by atoms with E-state index in [1.165, 1.54) is 7.11 Å². The molecule has 180 valence electrons. The van der Waals surface area contributed by atoms with Crippen molar-refractivity contribution in [2.75, 3.05) is 47.1 Å². The minimum absolute atomic E-state index is 0.316. The summed E-state index contributed by atoms with van der Waals surface area (Å²) in [5.74, 6) is -0.0698. The number of hydrogen-bond acceptors (Lipinski definition) is 6. The highest BCUT2D eigenvalue weighted by Crippen LogP contribution is 2.25. The van der Waals surface area contributed by atoms with Crippen LogP contribution in [0, 0.1) is 0 Å². The number of nitrogens with one attached hydrogen (secondary N) is 1. The zero-order chi connectivity index (χ0) is 23.9. The molecule has 1 saturated heterocycles. The molecule has 2 aromatic carbocycles. The number of nitrogens with zero attached hydrogens (tertiary/aromatic N) is 2. The maximum atomic E-state index is 13.5. The van der Waals surface area contributed by atoms with Crippen LogP contribution < -0.4 is 10.1 Å². The summed E-state index contributed by atoms with van der Waals surface area (Å²) in [5.41, 5.74) is 2.38. The Morgan fingerprint density at radius 2 is 1.79 bits per heavy atom. The third-order valence-electron chi connectivity index (χ3n) is 6.16. The first-order valence-corrected chi connectivity index (χ1v) is 11.5. The van der Waals surface area contributed by atoms with Crippen LogP contribution in [0.25, 0.3) is 10.9 Å². The van der Waals surface area contributed by atoms with Crippen LogP contribution in [0.15, 0.2) is 54.6 Å². The first-order valence-electron chi connectivity index (χ1n) is 11.5. The monoisotopic (exact) mass is 465 g/mol. The average Bonchev–Trinajstić information content (AvgIpc) is 3.25. The fourth-order valence-electron chi connectivity index (χ4n) is 4.29. The van der Waals surface area contributed by atoms with Crippen LogP contribution in [0.3, 0.4) is 0 Å². The van der Waals surface area contributed by atoms with Crippen LogP contribution in [0.5, 0.6) is 5.75 Å². The molecule has 1 fully saturated rings. The lowest BCUT2D eigenvalue weighted by atomic mass is 10.1. The number of hydrogen-bond donors (Lipinski definition) is 1. The Hall–Kier alpha value is -3.36. The first-order chi connectivity index (χ1) is 16.6. The highest BCUT2D eigenvalue weighted by atomic mass is 16.5. The van der Waals surface area contributed by atoms with Gasteiger partial charge in [0.05, 0.1) is 27.4 Å². The second-order valence-electron chi connectivity index (χ2n) is 8.30. The lowest BCUT2D eigenvalue weighted by molar-refractivity contribution is -0.142. The molecule has 8 heteroatoms. The maximum absolute atomic E-state index is 13.5. The van der Waals surface area contributed by atoms with Gasteiger partial charge in [-0.05, 0) is 29.8 Å². The highest BCUT2D eigenvalue weighted by molar-refractivity contribution is 6.00. The summed E-state index contributed by atoms with van der Waals surface area (Å²) in [6, 6.07) is 16.4. The quantitative estimate of drug-likeness (QED) is 0.489. The lowest BCUT2D eigenvalue weighted by Gasteiger charge is -2.27. The van der Waals surface area contributed by atoms with Gasteiger partial charge in [0.25, 0.3) is 5.91 Å². The number of rotatable bonds is 9. The van der Waals surface area contributed by atoms with Crippen molar-refractivity contribution in [1.82, 2.24) is 14.8 Å². The van der Waals surface area contributed by atoms with Crippen LogP contribution in [0.4, 0.5) is 0 Å². The number of morpholine rings is 1. The van der Waals surface area contributed by atoms with Crippen molar-refractivity contribution < 1.29 is 23.8 Å². The van der Waals surface area contributed by atoms with E-state index >= 15 is 0 Å². The Kier molecular flexibility index (Phi) is 7.82. The molecule has 0 unspecified atom stereocenters. The van der Waals surface area contributed by atoms with Crippen molar-refractivity contribution in [3.8, 4) is 5.75 Å². The average molecular weight is 466 g/mol. The molecule has 1 aliphatic rings. The standard InChI is InChI=1S/C26H31N3O5/c1-32-21-8-9-23-20(17-21)18-24(29(23)11-10-28-12-14-34-15-13-28)25(30)27-22(26(31)33-2)16-19-6-4-3-5-7-19/h3-9,17-18,22H,10-16H2,1-2H3,(H,27,30)/t22-/m0/s1. The normalized spacial score (nSPS) is 15.1. The van der Waals surface area contributed by atoms with Gasteiger partial charge in [-0.25, -0.2) is 4.79 Å². The zero-order valence-corrected chi connectivity index (χ0v) is 19.7.